The van der Waals surface area contributed by atoms with Gasteiger partial charge >= 0.3 is 5.97 Å². The molecule has 1 atom stereocenters. The van der Waals surface area contributed by atoms with Gasteiger partial charge < -0.3 is 14.0 Å². The van der Waals surface area contributed by atoms with Crippen molar-refractivity contribution in [3.63, 3.8) is 0 Å². The number of esters is 1. The van der Waals surface area contributed by atoms with Gasteiger partial charge in [0.25, 0.3) is 0 Å². The highest BCUT2D eigenvalue weighted by molar-refractivity contribution is 5.69. The second-order valence-electron chi connectivity index (χ2n) is 11.0. The van der Waals surface area contributed by atoms with Crippen LogP contribution < -0.4 is 0 Å². The Bertz CT molecular complexity index is 470. The third-order valence-corrected chi connectivity index (χ3v) is 6.12. The van der Waals surface area contributed by atoms with Gasteiger partial charge in [-0.2, -0.15) is 0 Å². The van der Waals surface area contributed by atoms with Crippen LogP contribution in [0.3, 0.4) is 0 Å². The Labute approximate surface area is 207 Å². The number of hydrogen-bond donors (Lipinski definition) is 0. The zero-order valence-corrected chi connectivity index (χ0v) is 23.1. The highest BCUT2D eigenvalue weighted by atomic mass is 16.7. The van der Waals surface area contributed by atoms with Crippen LogP contribution in [0.1, 0.15) is 129 Å². The van der Waals surface area contributed by atoms with Gasteiger partial charge in [0, 0.05) is 6.42 Å². The molecule has 0 aliphatic rings. The number of nitrogens with zero attached hydrogens (tertiary/aromatic N) is 1. The first-order valence-corrected chi connectivity index (χ1v) is 14.0. The van der Waals surface area contributed by atoms with Gasteiger partial charge in [0.2, 0.25) is 6.29 Å². The summed E-state index contributed by atoms with van der Waals surface area (Å²) in [4.78, 5) is 12.1. The van der Waals surface area contributed by atoms with Gasteiger partial charge in [-0.25, -0.2) is 0 Å². The van der Waals surface area contributed by atoms with Gasteiger partial charge in [-0.3, -0.25) is 4.79 Å². The van der Waals surface area contributed by atoms with E-state index in [9.17, 15) is 4.79 Å². The topological polar surface area (TPSA) is 35.5 Å². The predicted molar refractivity (Wildman–Crippen MR) is 142 cm³/mol. The number of unbranched alkanes of at least 4 members (excludes halogenated alkanes) is 15. The second kappa shape index (κ2) is 21.6. The Morgan fingerprint density at radius 3 is 1.64 bits per heavy atom. The largest absolute Gasteiger partial charge is 0.432 e. The van der Waals surface area contributed by atoms with Crippen LogP contribution in [0.2, 0.25) is 0 Å². The van der Waals surface area contributed by atoms with Gasteiger partial charge in [-0.15, -0.1) is 0 Å². The normalized spacial score (nSPS) is 12.6. The molecule has 0 fully saturated rings. The number of quaternary nitrogens is 1. The summed E-state index contributed by atoms with van der Waals surface area (Å²) in [7, 11) is 6.59. The minimum Gasteiger partial charge on any atom is -0.432 e. The molecule has 33 heavy (non-hydrogen) atoms. The van der Waals surface area contributed by atoms with Crippen LogP contribution in [0.4, 0.5) is 0 Å². The average Bonchev–Trinajstić information content (AvgIpc) is 2.74. The molecule has 0 radical (unpaired) electrons. The second-order valence-corrected chi connectivity index (χ2v) is 11.0. The van der Waals surface area contributed by atoms with Crippen LogP contribution >= 0.6 is 0 Å². The summed E-state index contributed by atoms with van der Waals surface area (Å²) in [5, 5.41) is 0. The molecule has 0 saturated carbocycles. The fourth-order valence-electron chi connectivity index (χ4n) is 3.97. The van der Waals surface area contributed by atoms with Crippen molar-refractivity contribution in [1.82, 2.24) is 0 Å². The quantitative estimate of drug-likeness (QED) is 0.0471. The van der Waals surface area contributed by atoms with E-state index in [4.69, 9.17) is 9.47 Å². The zero-order chi connectivity index (χ0) is 24.8. The van der Waals surface area contributed by atoms with E-state index in [2.05, 4.69) is 34.6 Å². The first-order chi connectivity index (χ1) is 15.8. The van der Waals surface area contributed by atoms with E-state index in [0.717, 1.165) is 42.3 Å². The van der Waals surface area contributed by atoms with Gasteiger partial charge in [-0.05, 0) is 38.2 Å². The lowest BCUT2D eigenvalue weighted by Gasteiger charge is -2.23. The molecule has 0 N–H and O–H groups in total. The van der Waals surface area contributed by atoms with Crippen molar-refractivity contribution in [2.24, 2.45) is 0 Å². The maximum absolute atomic E-state index is 12.1. The molecule has 196 valence electrons. The lowest BCUT2D eigenvalue weighted by atomic mass is 10.0. The number of hydrogen-bond acceptors (Lipinski definition) is 3. The maximum atomic E-state index is 12.1. The van der Waals surface area contributed by atoms with E-state index in [-0.39, 0.29) is 5.97 Å². The van der Waals surface area contributed by atoms with Crippen LogP contribution in [0.15, 0.2) is 12.2 Å². The molecule has 0 heterocycles. The molecule has 0 rings (SSSR count). The van der Waals surface area contributed by atoms with E-state index >= 15 is 0 Å². The molecule has 0 aliphatic carbocycles. The van der Waals surface area contributed by atoms with Crippen molar-refractivity contribution in [2.45, 2.75) is 136 Å². The lowest BCUT2D eigenvalue weighted by Crippen LogP contribution is -2.35. The van der Waals surface area contributed by atoms with Crippen LogP contribution in [-0.2, 0) is 14.3 Å². The summed E-state index contributed by atoms with van der Waals surface area (Å²) in [6.45, 7) is 9.84. The van der Waals surface area contributed by atoms with Crippen LogP contribution in [0.5, 0.6) is 0 Å². The summed E-state index contributed by atoms with van der Waals surface area (Å²) in [6, 6.07) is 0. The fraction of sp³-hybridized carbons (Fsp3) is 0.897. The Morgan fingerprint density at radius 1 is 0.727 bits per heavy atom. The number of rotatable bonds is 24. The van der Waals surface area contributed by atoms with E-state index in [1.165, 1.54) is 83.5 Å². The molecule has 1 unspecified atom stereocenters. The van der Waals surface area contributed by atoms with E-state index < -0.39 is 6.29 Å². The molecule has 4 nitrogen and oxygen atoms in total. The molecule has 0 bridgehead atoms. The van der Waals surface area contributed by atoms with Crippen molar-refractivity contribution in [2.75, 3.05) is 34.3 Å². The van der Waals surface area contributed by atoms with Gasteiger partial charge in [0.05, 0.1) is 34.3 Å². The zero-order valence-electron chi connectivity index (χ0n) is 23.1. The summed E-state index contributed by atoms with van der Waals surface area (Å²) < 4.78 is 12.3. The third-order valence-electron chi connectivity index (χ3n) is 6.12. The summed E-state index contributed by atoms with van der Waals surface area (Å²) in [5.74, 6) is -0.172. The number of carbonyl (C=O) groups excluding carboxylic acids is 1. The minimum atomic E-state index is -0.592. The van der Waals surface area contributed by atoms with E-state index in [1.54, 1.807) is 0 Å². The highest BCUT2D eigenvalue weighted by Crippen LogP contribution is 2.14. The van der Waals surface area contributed by atoms with Crippen molar-refractivity contribution in [1.29, 1.82) is 0 Å². The predicted octanol–water partition coefficient (Wildman–Crippen LogP) is 8.20. The van der Waals surface area contributed by atoms with Gasteiger partial charge in [0.15, 0.2) is 0 Å². The number of carbonyl (C=O) groups is 1. The summed E-state index contributed by atoms with van der Waals surface area (Å²) >= 11 is 0. The molecule has 0 aromatic heterocycles. The molecular formula is C29H58NO3+. The molecule has 0 spiro atoms. The van der Waals surface area contributed by atoms with Crippen LogP contribution in [0.25, 0.3) is 0 Å². The fourth-order valence-corrected chi connectivity index (χ4v) is 3.97. The van der Waals surface area contributed by atoms with E-state index in [0.29, 0.717) is 13.0 Å². The van der Waals surface area contributed by atoms with Crippen LogP contribution in [0, 0.1) is 0 Å². The van der Waals surface area contributed by atoms with Crippen molar-refractivity contribution in [3.8, 4) is 0 Å². The summed E-state index contributed by atoms with van der Waals surface area (Å²) in [5.41, 5.74) is 0.763. The molecule has 0 aliphatic heterocycles. The highest BCUT2D eigenvalue weighted by Gasteiger charge is 2.15. The molecular weight excluding hydrogens is 410 g/mol. The minimum absolute atomic E-state index is 0.172. The van der Waals surface area contributed by atoms with Gasteiger partial charge in [-0.1, -0.05) is 97.0 Å². The van der Waals surface area contributed by atoms with E-state index in [1.807, 2.05) is 6.92 Å². The van der Waals surface area contributed by atoms with Crippen molar-refractivity contribution >= 4 is 5.97 Å². The number of ether oxygens (including phenoxy) is 2. The first kappa shape index (κ1) is 32.1. The average molecular weight is 469 g/mol. The monoisotopic (exact) mass is 468 g/mol. The first-order valence-electron chi connectivity index (χ1n) is 14.0. The van der Waals surface area contributed by atoms with Crippen molar-refractivity contribution < 1.29 is 18.8 Å². The smallest absolute Gasteiger partial charge is 0.308 e. The molecule has 0 saturated heterocycles. The molecule has 0 aromatic rings. The SMILES string of the molecule is C=C(C)C(OCCCCCCCCCCCCCCCC)OC(=O)CCCCC[N+](C)(C)C. The Kier molecular flexibility index (Phi) is 21.1. The maximum Gasteiger partial charge on any atom is 0.308 e. The summed E-state index contributed by atoms with van der Waals surface area (Å²) in [6.07, 6.45) is 21.7. The van der Waals surface area contributed by atoms with Gasteiger partial charge in [0.1, 0.15) is 0 Å². The molecule has 4 heteroatoms. The Morgan fingerprint density at radius 2 is 1.18 bits per heavy atom. The molecule has 0 amide bonds. The molecule has 0 aromatic carbocycles. The Balaban J connectivity index is 3.60. The lowest BCUT2D eigenvalue weighted by molar-refractivity contribution is -0.870. The standard InChI is InChI=1S/C29H58NO3/c1-7-8-9-10-11-12-13-14-15-16-17-18-19-23-26-32-29(27(2)3)33-28(31)24-21-20-22-25-30(4,5)6/h29H,2,7-26H2,1,3-6H3/q+1. The Hall–Kier alpha value is -0.870. The van der Waals surface area contributed by atoms with Crippen molar-refractivity contribution in [3.05, 3.63) is 12.2 Å². The van der Waals surface area contributed by atoms with Crippen LogP contribution in [-0.4, -0.2) is 51.0 Å². The third kappa shape index (κ3) is 24.1.